The molecule has 0 radical (unpaired) electrons. The second kappa shape index (κ2) is 5.45. The number of ether oxygens (including phenoxy) is 1. The monoisotopic (exact) mass is 254 g/mol. The SMILES string of the molecule is OCCOc1cccc(C2C=CC3=C2C=CCC3)c1. The predicted molar refractivity (Wildman–Crippen MR) is 76.3 cm³/mol. The van der Waals surface area contributed by atoms with E-state index in [1.165, 1.54) is 16.7 Å². The van der Waals surface area contributed by atoms with Crippen LogP contribution in [0.4, 0.5) is 0 Å². The summed E-state index contributed by atoms with van der Waals surface area (Å²) in [6.07, 6.45) is 11.3. The molecule has 0 spiro atoms. The quantitative estimate of drug-likeness (QED) is 0.892. The zero-order valence-corrected chi connectivity index (χ0v) is 10.9. The van der Waals surface area contributed by atoms with E-state index < -0.39 is 0 Å². The summed E-state index contributed by atoms with van der Waals surface area (Å²) in [6, 6.07) is 8.16. The minimum atomic E-state index is 0.0472. The topological polar surface area (TPSA) is 29.5 Å². The van der Waals surface area contributed by atoms with E-state index in [4.69, 9.17) is 9.84 Å². The van der Waals surface area contributed by atoms with Crippen LogP contribution in [0.1, 0.15) is 24.3 Å². The van der Waals surface area contributed by atoms with Gasteiger partial charge in [0.1, 0.15) is 12.4 Å². The van der Waals surface area contributed by atoms with Gasteiger partial charge in [0.05, 0.1) is 6.61 Å². The summed E-state index contributed by atoms with van der Waals surface area (Å²) in [6.45, 7) is 0.392. The van der Waals surface area contributed by atoms with E-state index >= 15 is 0 Å². The molecule has 1 unspecified atom stereocenters. The highest BCUT2D eigenvalue weighted by Gasteiger charge is 2.21. The number of rotatable bonds is 4. The van der Waals surface area contributed by atoms with Crippen molar-refractivity contribution in [1.82, 2.24) is 0 Å². The highest BCUT2D eigenvalue weighted by molar-refractivity contribution is 5.53. The van der Waals surface area contributed by atoms with E-state index in [-0.39, 0.29) is 6.61 Å². The van der Waals surface area contributed by atoms with Crippen molar-refractivity contribution < 1.29 is 9.84 Å². The first kappa shape index (κ1) is 12.2. The van der Waals surface area contributed by atoms with Crippen LogP contribution in [-0.2, 0) is 0 Å². The Labute approximate surface area is 113 Å². The van der Waals surface area contributed by atoms with Crippen LogP contribution >= 0.6 is 0 Å². The van der Waals surface area contributed by atoms with Crippen LogP contribution in [-0.4, -0.2) is 18.3 Å². The van der Waals surface area contributed by atoms with Gasteiger partial charge in [-0.3, -0.25) is 0 Å². The molecule has 1 atom stereocenters. The normalized spacial score (nSPS) is 20.8. The highest BCUT2D eigenvalue weighted by Crippen LogP contribution is 2.39. The molecule has 0 aromatic heterocycles. The van der Waals surface area contributed by atoms with Crippen LogP contribution in [0.2, 0.25) is 0 Å². The molecule has 0 saturated heterocycles. The van der Waals surface area contributed by atoms with Crippen molar-refractivity contribution in [1.29, 1.82) is 0 Å². The number of hydrogen-bond acceptors (Lipinski definition) is 2. The van der Waals surface area contributed by atoms with E-state index in [9.17, 15) is 0 Å². The van der Waals surface area contributed by atoms with Gasteiger partial charge < -0.3 is 9.84 Å². The zero-order chi connectivity index (χ0) is 13.1. The van der Waals surface area contributed by atoms with E-state index in [0.29, 0.717) is 12.5 Å². The molecular weight excluding hydrogens is 236 g/mol. The van der Waals surface area contributed by atoms with Gasteiger partial charge in [-0.15, -0.1) is 0 Å². The molecule has 0 bridgehead atoms. The summed E-state index contributed by atoms with van der Waals surface area (Å²) >= 11 is 0. The van der Waals surface area contributed by atoms with Crippen LogP contribution in [0.5, 0.6) is 5.75 Å². The number of hydrogen-bond donors (Lipinski definition) is 1. The Morgan fingerprint density at radius 3 is 3.11 bits per heavy atom. The smallest absolute Gasteiger partial charge is 0.119 e. The standard InChI is InChI=1S/C17H18O2/c18-10-11-19-15-6-3-5-14(12-15)17-9-8-13-4-1-2-7-16(13)17/h2-3,5-9,12,17-18H,1,4,10-11H2. The molecule has 1 N–H and O–H groups in total. The molecule has 19 heavy (non-hydrogen) atoms. The van der Waals surface area contributed by atoms with E-state index in [0.717, 1.165) is 18.6 Å². The van der Waals surface area contributed by atoms with Gasteiger partial charge in [0, 0.05) is 5.92 Å². The Kier molecular flexibility index (Phi) is 3.51. The Morgan fingerprint density at radius 1 is 1.26 bits per heavy atom. The Balaban J connectivity index is 1.85. The maximum absolute atomic E-state index is 8.81. The van der Waals surface area contributed by atoms with Crippen LogP contribution < -0.4 is 4.74 Å². The summed E-state index contributed by atoms with van der Waals surface area (Å²) in [4.78, 5) is 0. The largest absolute Gasteiger partial charge is 0.491 e. The van der Waals surface area contributed by atoms with Gasteiger partial charge in [-0.05, 0) is 41.7 Å². The summed E-state index contributed by atoms with van der Waals surface area (Å²) < 4.78 is 5.48. The van der Waals surface area contributed by atoms with Crippen molar-refractivity contribution >= 4 is 0 Å². The molecule has 2 heteroatoms. The molecule has 1 aromatic rings. The molecule has 0 heterocycles. The van der Waals surface area contributed by atoms with Crippen LogP contribution in [0.3, 0.4) is 0 Å². The molecular formula is C17H18O2. The number of aliphatic hydroxyl groups is 1. The van der Waals surface area contributed by atoms with Gasteiger partial charge in [0.15, 0.2) is 0 Å². The first-order valence-corrected chi connectivity index (χ1v) is 6.80. The number of benzene rings is 1. The minimum Gasteiger partial charge on any atom is -0.491 e. The third-order valence-electron chi connectivity index (χ3n) is 3.65. The van der Waals surface area contributed by atoms with Crippen molar-refractivity contribution in [2.45, 2.75) is 18.8 Å². The molecule has 2 aliphatic rings. The first-order chi connectivity index (χ1) is 9.38. The van der Waals surface area contributed by atoms with Crippen molar-refractivity contribution in [3.8, 4) is 5.75 Å². The number of aliphatic hydroxyl groups excluding tert-OH is 1. The van der Waals surface area contributed by atoms with Crippen molar-refractivity contribution in [3.63, 3.8) is 0 Å². The van der Waals surface area contributed by atoms with Gasteiger partial charge in [0.25, 0.3) is 0 Å². The molecule has 2 nitrogen and oxygen atoms in total. The van der Waals surface area contributed by atoms with Crippen molar-refractivity contribution in [2.75, 3.05) is 13.2 Å². The third kappa shape index (κ3) is 2.49. The maximum atomic E-state index is 8.81. The molecule has 0 aliphatic heterocycles. The molecule has 0 fully saturated rings. The van der Waals surface area contributed by atoms with Crippen LogP contribution in [0.25, 0.3) is 0 Å². The lowest BCUT2D eigenvalue weighted by Crippen LogP contribution is -2.03. The fourth-order valence-electron chi connectivity index (χ4n) is 2.75. The molecule has 2 aliphatic carbocycles. The summed E-state index contributed by atoms with van der Waals surface area (Å²) in [5, 5.41) is 8.81. The Morgan fingerprint density at radius 2 is 2.21 bits per heavy atom. The molecule has 0 saturated carbocycles. The molecule has 98 valence electrons. The third-order valence-corrected chi connectivity index (χ3v) is 3.65. The van der Waals surface area contributed by atoms with Gasteiger partial charge in [0.2, 0.25) is 0 Å². The van der Waals surface area contributed by atoms with E-state index in [2.05, 4.69) is 36.4 Å². The van der Waals surface area contributed by atoms with Crippen LogP contribution in [0.15, 0.2) is 59.7 Å². The lowest BCUT2D eigenvalue weighted by Gasteiger charge is -2.16. The van der Waals surface area contributed by atoms with Crippen molar-refractivity contribution in [2.24, 2.45) is 0 Å². The fourth-order valence-corrected chi connectivity index (χ4v) is 2.75. The molecule has 0 amide bonds. The van der Waals surface area contributed by atoms with E-state index in [1.807, 2.05) is 12.1 Å². The molecule has 1 aromatic carbocycles. The Hall–Kier alpha value is -1.80. The maximum Gasteiger partial charge on any atom is 0.119 e. The average molecular weight is 254 g/mol. The lowest BCUT2D eigenvalue weighted by molar-refractivity contribution is 0.201. The predicted octanol–water partition coefficient (Wildman–Crippen LogP) is 3.36. The lowest BCUT2D eigenvalue weighted by atomic mass is 9.89. The average Bonchev–Trinajstić information content (AvgIpc) is 2.89. The van der Waals surface area contributed by atoms with Crippen molar-refractivity contribution in [3.05, 3.63) is 65.3 Å². The van der Waals surface area contributed by atoms with E-state index in [1.54, 1.807) is 0 Å². The van der Waals surface area contributed by atoms with Gasteiger partial charge in [-0.25, -0.2) is 0 Å². The minimum absolute atomic E-state index is 0.0472. The van der Waals surface area contributed by atoms with Gasteiger partial charge in [-0.1, -0.05) is 36.4 Å². The second-order valence-corrected chi connectivity index (χ2v) is 4.90. The highest BCUT2D eigenvalue weighted by atomic mass is 16.5. The fraction of sp³-hybridized carbons (Fsp3) is 0.294. The van der Waals surface area contributed by atoms with Gasteiger partial charge in [-0.2, -0.15) is 0 Å². The summed E-state index contributed by atoms with van der Waals surface area (Å²) in [5.74, 6) is 1.18. The Bertz CT molecular complexity index is 552. The molecule has 3 rings (SSSR count). The summed E-state index contributed by atoms with van der Waals surface area (Å²) in [7, 11) is 0. The van der Waals surface area contributed by atoms with Crippen LogP contribution in [0, 0.1) is 0 Å². The zero-order valence-electron chi connectivity index (χ0n) is 10.9. The summed E-state index contributed by atoms with van der Waals surface area (Å²) in [5.41, 5.74) is 4.14. The van der Waals surface area contributed by atoms with Gasteiger partial charge >= 0.3 is 0 Å². The number of allylic oxidation sites excluding steroid dienone is 6. The second-order valence-electron chi connectivity index (χ2n) is 4.90. The first-order valence-electron chi connectivity index (χ1n) is 6.80.